The van der Waals surface area contributed by atoms with E-state index in [1.807, 2.05) is 7.05 Å². The minimum absolute atomic E-state index is 0.383. The van der Waals surface area contributed by atoms with Gasteiger partial charge in [-0.25, -0.2) is 0 Å². The predicted molar refractivity (Wildman–Crippen MR) is 102 cm³/mol. The zero-order valence-electron chi connectivity index (χ0n) is 16.5. The fraction of sp³-hybridized carbons (Fsp3) is 0.947. The largest absolute Gasteiger partial charge is 0.381 e. The zero-order chi connectivity index (χ0) is 17.6. The maximum absolute atomic E-state index is 5.65. The van der Waals surface area contributed by atoms with Crippen LogP contribution in [0, 0.1) is 11.3 Å². The molecule has 1 N–H and O–H groups in total. The van der Waals surface area contributed by atoms with Gasteiger partial charge in [-0.1, -0.05) is 27.7 Å². The van der Waals surface area contributed by atoms with Crippen LogP contribution in [0.1, 0.15) is 47.0 Å². The first kappa shape index (κ1) is 19.5. The molecule has 1 spiro atoms. The average Bonchev–Trinajstić information content (AvgIpc) is 3.19. The molecule has 0 saturated carbocycles. The molecule has 5 nitrogen and oxygen atoms in total. The van der Waals surface area contributed by atoms with Crippen LogP contribution in [0.3, 0.4) is 0 Å². The molecule has 2 aliphatic rings. The maximum atomic E-state index is 5.65. The molecule has 0 aromatic rings. The average molecular weight is 339 g/mol. The Hall–Kier alpha value is -0.810. The van der Waals surface area contributed by atoms with E-state index in [1.54, 1.807) is 0 Å². The molecule has 0 amide bonds. The molecule has 2 rings (SSSR count). The zero-order valence-corrected chi connectivity index (χ0v) is 16.5. The lowest BCUT2D eigenvalue weighted by molar-refractivity contribution is 0.156. The van der Waals surface area contributed by atoms with Crippen molar-refractivity contribution >= 4 is 5.96 Å². The molecule has 5 heteroatoms. The van der Waals surface area contributed by atoms with Crippen LogP contribution in [0.2, 0.25) is 0 Å². The first-order chi connectivity index (χ1) is 11.5. The lowest BCUT2D eigenvalue weighted by atomic mass is 9.87. The van der Waals surface area contributed by atoms with E-state index in [-0.39, 0.29) is 0 Å². The summed E-state index contributed by atoms with van der Waals surface area (Å²) >= 11 is 0. The second kappa shape index (κ2) is 9.04. The van der Waals surface area contributed by atoms with Crippen molar-refractivity contribution in [2.75, 3.05) is 53.0 Å². The summed E-state index contributed by atoms with van der Waals surface area (Å²) in [5, 5.41) is 3.67. The third-order valence-electron chi connectivity index (χ3n) is 5.70. The van der Waals surface area contributed by atoms with Gasteiger partial charge in [0.25, 0.3) is 0 Å². The summed E-state index contributed by atoms with van der Waals surface area (Å²) in [5.74, 6) is 1.78. The summed E-state index contributed by atoms with van der Waals surface area (Å²) in [5.41, 5.74) is 0.383. The molecule has 140 valence electrons. The van der Waals surface area contributed by atoms with Crippen molar-refractivity contribution in [1.82, 2.24) is 15.1 Å². The minimum atomic E-state index is 0.383. The number of guanidine groups is 1. The number of aliphatic imine (C=N–C) groups is 1. The first-order valence-corrected chi connectivity index (χ1v) is 9.81. The van der Waals surface area contributed by atoms with E-state index in [0.717, 1.165) is 51.9 Å². The van der Waals surface area contributed by atoms with E-state index >= 15 is 0 Å². The highest BCUT2D eigenvalue weighted by Crippen LogP contribution is 2.38. The van der Waals surface area contributed by atoms with Gasteiger partial charge < -0.3 is 15.0 Å². The van der Waals surface area contributed by atoms with Gasteiger partial charge in [0.05, 0.1) is 6.61 Å². The van der Waals surface area contributed by atoms with Gasteiger partial charge in [0.2, 0.25) is 0 Å². The Morgan fingerprint density at radius 2 is 2.04 bits per heavy atom. The van der Waals surface area contributed by atoms with Crippen molar-refractivity contribution in [3.8, 4) is 0 Å². The monoisotopic (exact) mass is 338 g/mol. The summed E-state index contributed by atoms with van der Waals surface area (Å²) in [6.45, 7) is 16.4. The van der Waals surface area contributed by atoms with Crippen LogP contribution in [0.5, 0.6) is 0 Å². The Bertz CT molecular complexity index is 400. The molecule has 0 aromatic heterocycles. The lowest BCUT2D eigenvalue weighted by Crippen LogP contribution is -2.48. The number of nitrogens with one attached hydrogen (secondary N) is 1. The topological polar surface area (TPSA) is 40.1 Å². The van der Waals surface area contributed by atoms with Crippen molar-refractivity contribution < 1.29 is 4.74 Å². The van der Waals surface area contributed by atoms with Gasteiger partial charge in [-0.2, -0.15) is 0 Å². The molecule has 2 atom stereocenters. The van der Waals surface area contributed by atoms with Gasteiger partial charge in [0.15, 0.2) is 5.96 Å². The number of nitrogens with zero attached hydrogens (tertiary/aromatic N) is 3. The molecular weight excluding hydrogens is 300 g/mol. The third-order valence-corrected chi connectivity index (χ3v) is 5.70. The van der Waals surface area contributed by atoms with Crippen molar-refractivity contribution in [3.63, 3.8) is 0 Å². The fourth-order valence-corrected chi connectivity index (χ4v) is 4.27. The van der Waals surface area contributed by atoms with Gasteiger partial charge in [0.1, 0.15) is 0 Å². The Kier molecular flexibility index (Phi) is 7.35. The van der Waals surface area contributed by atoms with E-state index in [1.165, 1.54) is 19.3 Å². The number of likely N-dealkylation sites (tertiary alicyclic amines) is 1. The van der Waals surface area contributed by atoms with Crippen LogP contribution in [0.25, 0.3) is 0 Å². The number of hydrogen-bond donors (Lipinski definition) is 1. The highest BCUT2D eigenvalue weighted by molar-refractivity contribution is 5.80. The van der Waals surface area contributed by atoms with Crippen LogP contribution in [-0.2, 0) is 4.74 Å². The standard InChI is InChI=1S/C19H38N4O/c1-6-22(7-2)17(12-16(3)4)13-21-18(20-5)23-10-8-19(14-23)9-11-24-15-19/h16-17H,6-15H2,1-5H3,(H,20,21). The van der Waals surface area contributed by atoms with Gasteiger partial charge >= 0.3 is 0 Å². The normalized spacial score (nSPS) is 26.1. The number of ether oxygens (including phenoxy) is 1. The SMILES string of the molecule is CCN(CC)C(CNC(=NC)N1CCC2(CCOC2)C1)CC(C)C. The predicted octanol–water partition coefficient (Wildman–Crippen LogP) is 2.43. The van der Waals surface area contributed by atoms with Crippen LogP contribution in [0.4, 0.5) is 0 Å². The molecule has 24 heavy (non-hydrogen) atoms. The molecule has 2 heterocycles. The van der Waals surface area contributed by atoms with Crippen molar-refractivity contribution in [2.24, 2.45) is 16.3 Å². The van der Waals surface area contributed by atoms with E-state index in [4.69, 9.17) is 4.74 Å². The molecule has 0 bridgehead atoms. The first-order valence-electron chi connectivity index (χ1n) is 9.81. The number of rotatable bonds is 7. The van der Waals surface area contributed by atoms with E-state index < -0.39 is 0 Å². The summed E-state index contributed by atoms with van der Waals surface area (Å²) < 4.78 is 5.65. The fourth-order valence-electron chi connectivity index (χ4n) is 4.27. The quantitative estimate of drug-likeness (QED) is 0.572. The van der Waals surface area contributed by atoms with Crippen molar-refractivity contribution in [2.45, 2.75) is 53.0 Å². The maximum Gasteiger partial charge on any atom is 0.193 e. The number of hydrogen-bond acceptors (Lipinski definition) is 3. The molecule has 2 fully saturated rings. The summed E-state index contributed by atoms with van der Waals surface area (Å²) in [6.07, 6.45) is 3.67. The van der Waals surface area contributed by atoms with E-state index in [0.29, 0.717) is 17.4 Å². The highest BCUT2D eigenvalue weighted by Gasteiger charge is 2.42. The van der Waals surface area contributed by atoms with Crippen LogP contribution in [-0.4, -0.2) is 74.8 Å². The second-order valence-corrected chi connectivity index (χ2v) is 7.91. The summed E-state index contributed by atoms with van der Waals surface area (Å²) in [4.78, 5) is 9.56. The van der Waals surface area contributed by atoms with E-state index in [9.17, 15) is 0 Å². The lowest BCUT2D eigenvalue weighted by Gasteiger charge is -2.33. The highest BCUT2D eigenvalue weighted by atomic mass is 16.5. The Balaban J connectivity index is 1.91. The van der Waals surface area contributed by atoms with Gasteiger partial charge in [-0.05, 0) is 38.3 Å². The van der Waals surface area contributed by atoms with Crippen LogP contribution < -0.4 is 5.32 Å². The summed E-state index contributed by atoms with van der Waals surface area (Å²) in [6, 6.07) is 0.572. The minimum Gasteiger partial charge on any atom is -0.381 e. The summed E-state index contributed by atoms with van der Waals surface area (Å²) in [7, 11) is 1.91. The molecule has 0 aromatic carbocycles. The third kappa shape index (κ3) is 4.85. The van der Waals surface area contributed by atoms with Gasteiger partial charge in [-0.3, -0.25) is 9.89 Å². The van der Waals surface area contributed by atoms with Gasteiger partial charge in [-0.15, -0.1) is 0 Å². The number of likely N-dealkylation sites (N-methyl/N-ethyl adjacent to an activating group) is 1. The molecule has 0 radical (unpaired) electrons. The molecule has 2 saturated heterocycles. The van der Waals surface area contributed by atoms with Crippen molar-refractivity contribution in [3.05, 3.63) is 0 Å². The molecular formula is C19H38N4O. The Morgan fingerprint density at radius 3 is 2.58 bits per heavy atom. The van der Waals surface area contributed by atoms with E-state index in [2.05, 4.69) is 47.8 Å². The molecule has 2 aliphatic heterocycles. The molecule has 2 unspecified atom stereocenters. The second-order valence-electron chi connectivity index (χ2n) is 7.91. The Labute approximate surface area is 148 Å². The van der Waals surface area contributed by atoms with Crippen LogP contribution in [0.15, 0.2) is 4.99 Å². The smallest absolute Gasteiger partial charge is 0.193 e. The Morgan fingerprint density at radius 1 is 1.29 bits per heavy atom. The molecule has 0 aliphatic carbocycles. The van der Waals surface area contributed by atoms with Gasteiger partial charge in [0, 0.05) is 44.7 Å². The van der Waals surface area contributed by atoms with Crippen LogP contribution >= 0.6 is 0 Å². The van der Waals surface area contributed by atoms with Crippen molar-refractivity contribution in [1.29, 1.82) is 0 Å².